The summed E-state index contributed by atoms with van der Waals surface area (Å²) in [6, 6.07) is 0. The normalized spacial score (nSPS) is 11.3. The zero-order valence-corrected chi connectivity index (χ0v) is 33.0. The van der Waals surface area contributed by atoms with E-state index >= 15 is 0 Å². The van der Waals surface area contributed by atoms with Crippen LogP contribution in [0.4, 0.5) is 0 Å². The Labute approximate surface area is 286 Å². The van der Waals surface area contributed by atoms with Crippen LogP contribution in [0.15, 0.2) is 0 Å². The van der Waals surface area contributed by atoms with Gasteiger partial charge in [-0.1, -0.05) is 219 Å². The first kappa shape index (κ1) is 51.8. The van der Waals surface area contributed by atoms with Gasteiger partial charge >= 0.3 is 0 Å². The lowest BCUT2D eigenvalue weighted by atomic mass is 10.0. The van der Waals surface area contributed by atoms with Gasteiger partial charge < -0.3 is 28.2 Å². The molecule has 0 saturated heterocycles. The largest absolute Gasteiger partial charge is 0.344 e. The molecule has 274 valence electrons. The van der Waals surface area contributed by atoms with Gasteiger partial charge in [-0.3, -0.25) is 0 Å². The third-order valence-corrected chi connectivity index (χ3v) is 16.3. The molecule has 44 heavy (non-hydrogen) atoms. The van der Waals surface area contributed by atoms with E-state index in [0.29, 0.717) is 0 Å². The topological polar surface area (TPSA) is 145 Å². The minimum atomic E-state index is -2.98. The summed E-state index contributed by atoms with van der Waals surface area (Å²) < 4.78 is 0. The van der Waals surface area contributed by atoms with Crippen LogP contribution in [-0.4, -0.2) is 21.3 Å². The first-order valence-electron chi connectivity index (χ1n) is 18.8. The van der Waals surface area contributed by atoms with E-state index in [-0.39, 0.29) is 28.5 Å². The molecule has 0 saturated carbocycles. The van der Waals surface area contributed by atoms with E-state index in [4.69, 9.17) is 0 Å². The number of hydrogen-bond donors (Lipinski definition) is 6. The number of hydrogen-bond acceptors (Lipinski definition) is 3. The molecule has 0 aromatic heterocycles. The Kier molecular flexibility index (Phi) is 49.3. The highest BCUT2D eigenvalue weighted by Gasteiger charge is 2.11. The molecule has 0 aliphatic carbocycles. The third-order valence-electron chi connectivity index (χ3n) is 8.81. The highest BCUT2D eigenvalue weighted by molar-refractivity contribution is 8.65. The molecule has 0 unspecified atom stereocenters. The highest BCUT2D eigenvalue weighted by atomic mass is 32.9. The van der Waals surface area contributed by atoms with Gasteiger partial charge in [0.25, 0.3) is 0 Å². The Bertz CT molecular complexity index is 533. The van der Waals surface area contributed by atoms with E-state index < -0.39 is 5.69 Å². The minimum Gasteiger partial charge on any atom is -0.344 e. The van der Waals surface area contributed by atoms with E-state index in [0.717, 1.165) is 24.3 Å². The molecule has 0 rings (SSSR count). The second kappa shape index (κ2) is 42.0. The van der Waals surface area contributed by atoms with Gasteiger partial charge in [-0.25, -0.2) is 0 Å². The highest BCUT2D eigenvalue weighted by Crippen LogP contribution is 2.47. The lowest BCUT2D eigenvalue weighted by Crippen LogP contribution is -2.04. The molecule has 0 aliphatic heterocycles. The standard InChI is InChI=1S/C36H77O2PS2.3H3N/c1-3-5-7-9-11-13-15-17-19-21-23-25-27-29-31-33-35-41(39(37,38)40)36-34-32-30-28-26-24-22-20-18-16-14-12-10-8-6-4-2;;;/h37-38,40H,3-36H2,1-2H3;3*1H3. The van der Waals surface area contributed by atoms with Crippen molar-refractivity contribution in [2.24, 2.45) is 0 Å². The summed E-state index contributed by atoms with van der Waals surface area (Å²) in [5, 5.41) is 0. The summed E-state index contributed by atoms with van der Waals surface area (Å²) in [6.45, 7) is 4.58. The van der Waals surface area contributed by atoms with Gasteiger partial charge in [0, 0.05) is 0 Å². The van der Waals surface area contributed by atoms with Crippen LogP contribution < -0.4 is 18.5 Å². The molecule has 0 atom stereocenters. The first-order valence-corrected chi connectivity index (χ1v) is 23.8. The summed E-state index contributed by atoms with van der Waals surface area (Å²) in [6.07, 6.45) is 44.2. The summed E-state index contributed by atoms with van der Waals surface area (Å²) in [4.78, 5) is 20.5. The summed E-state index contributed by atoms with van der Waals surface area (Å²) in [5.74, 6) is 1.95. The first-order chi connectivity index (χ1) is 20.0. The molecule has 8 heteroatoms. The molecule has 0 amide bonds. The van der Waals surface area contributed by atoms with Crippen LogP contribution in [0.25, 0.3) is 0 Å². The Morgan fingerprint density at radius 2 is 0.500 bits per heavy atom. The van der Waals surface area contributed by atoms with Crippen molar-refractivity contribution in [3.8, 4) is 0 Å². The van der Waals surface area contributed by atoms with Crippen LogP contribution in [0.3, 0.4) is 0 Å². The van der Waals surface area contributed by atoms with Crippen molar-refractivity contribution in [2.75, 3.05) is 11.5 Å². The smallest absolute Gasteiger partial charge is 0.198 e. The molecule has 0 aromatic rings. The number of thiol groups is 1. The minimum absolute atomic E-state index is 0. The van der Waals surface area contributed by atoms with Crippen molar-refractivity contribution in [3.63, 3.8) is 0 Å². The van der Waals surface area contributed by atoms with Gasteiger partial charge in [0.1, 0.15) is 0 Å². The van der Waals surface area contributed by atoms with Crippen molar-refractivity contribution in [1.82, 2.24) is 18.5 Å². The molecule has 0 heterocycles. The second-order valence-corrected chi connectivity index (χ2v) is 21.3. The van der Waals surface area contributed by atoms with Crippen molar-refractivity contribution in [3.05, 3.63) is 0 Å². The molecule has 0 fully saturated rings. The molecule has 0 aromatic carbocycles. The third kappa shape index (κ3) is 41.0. The SMILES string of the molecule is CCCCCCCCCCCCCCCCCCS(CCCCCCCCCCCCCCCCCC)=P(O)(O)S.N.N.N. The Hall–Kier alpha value is 0.930. The van der Waals surface area contributed by atoms with E-state index in [9.17, 15) is 9.79 Å². The number of rotatable bonds is 34. The maximum Gasteiger partial charge on any atom is 0.198 e. The van der Waals surface area contributed by atoms with Gasteiger partial charge in [-0.15, -0.1) is 10.1 Å². The molecule has 11 N–H and O–H groups in total. The predicted molar refractivity (Wildman–Crippen MR) is 212 cm³/mol. The fourth-order valence-electron chi connectivity index (χ4n) is 5.98. The second-order valence-electron chi connectivity index (χ2n) is 13.0. The molecule has 0 radical (unpaired) electrons. The van der Waals surface area contributed by atoms with Crippen LogP contribution in [0, 0.1) is 0 Å². The molecule has 0 aliphatic rings. The Morgan fingerprint density at radius 3 is 0.659 bits per heavy atom. The molecular weight excluding hydrogens is 602 g/mol. The monoisotopic (exact) mass is 688 g/mol. The maximum atomic E-state index is 10.3. The predicted octanol–water partition coefficient (Wildman–Crippen LogP) is 14.2. The Balaban J connectivity index is -0.00000267. The van der Waals surface area contributed by atoms with Crippen LogP contribution in [0.2, 0.25) is 0 Å². The Morgan fingerprint density at radius 1 is 0.341 bits per heavy atom. The summed E-state index contributed by atoms with van der Waals surface area (Å²) in [7, 11) is -0.290. The van der Waals surface area contributed by atoms with Crippen LogP contribution in [0.5, 0.6) is 0 Å². The molecule has 5 nitrogen and oxygen atoms in total. The van der Waals surface area contributed by atoms with Crippen molar-refractivity contribution in [2.45, 2.75) is 219 Å². The van der Waals surface area contributed by atoms with E-state index in [1.165, 1.54) is 193 Å². The van der Waals surface area contributed by atoms with Gasteiger partial charge in [0.2, 0.25) is 0 Å². The van der Waals surface area contributed by atoms with Crippen LogP contribution in [0.1, 0.15) is 219 Å². The molecule has 0 spiro atoms. The average molecular weight is 688 g/mol. The lowest BCUT2D eigenvalue weighted by molar-refractivity contribution is 0.501. The zero-order valence-electron chi connectivity index (χ0n) is 30.4. The lowest BCUT2D eigenvalue weighted by Gasteiger charge is -2.16. The zero-order chi connectivity index (χ0) is 30.1. The number of unbranched alkanes of at least 4 members (excludes halogenated alkanes) is 30. The van der Waals surface area contributed by atoms with Crippen LogP contribution >= 0.6 is 17.9 Å². The van der Waals surface area contributed by atoms with E-state index in [2.05, 4.69) is 26.1 Å². The van der Waals surface area contributed by atoms with E-state index in [1.54, 1.807) is 0 Å². The van der Waals surface area contributed by atoms with Crippen LogP contribution in [-0.2, 0) is 10.1 Å². The molecule has 0 bridgehead atoms. The quantitative estimate of drug-likeness (QED) is 0.0226. The van der Waals surface area contributed by atoms with Crippen molar-refractivity contribution in [1.29, 1.82) is 0 Å². The fraction of sp³-hybridized carbons (Fsp3) is 1.00. The molecular formula is C36H86N3O2PS2. The summed E-state index contributed by atoms with van der Waals surface area (Å²) in [5.41, 5.74) is -2.98. The van der Waals surface area contributed by atoms with Gasteiger partial charge in [-0.05, 0) is 24.3 Å². The van der Waals surface area contributed by atoms with Gasteiger partial charge in [0.15, 0.2) is 5.69 Å². The summed E-state index contributed by atoms with van der Waals surface area (Å²) >= 11 is 4.25. The maximum absolute atomic E-state index is 10.3. The van der Waals surface area contributed by atoms with Gasteiger partial charge in [-0.2, -0.15) is 0 Å². The van der Waals surface area contributed by atoms with Crippen molar-refractivity contribution < 1.29 is 9.79 Å². The fourth-order valence-corrected chi connectivity index (χ4v) is 11.5. The van der Waals surface area contributed by atoms with Gasteiger partial charge in [0.05, 0.1) is 0 Å². The van der Waals surface area contributed by atoms with E-state index in [1.807, 2.05) is 0 Å². The van der Waals surface area contributed by atoms with Crippen molar-refractivity contribution >= 4 is 28.0 Å². The average Bonchev–Trinajstić information content (AvgIpc) is 2.95.